The Bertz CT molecular complexity index is 665. The Hall–Kier alpha value is -2.37. The van der Waals surface area contributed by atoms with E-state index in [4.69, 9.17) is 0 Å². The van der Waals surface area contributed by atoms with Gasteiger partial charge in [-0.05, 0) is 24.6 Å². The lowest BCUT2D eigenvalue weighted by Crippen LogP contribution is -2.31. The number of rotatable bonds is 1. The highest BCUT2D eigenvalue weighted by molar-refractivity contribution is 6.03. The van der Waals surface area contributed by atoms with Gasteiger partial charge in [-0.3, -0.25) is 9.48 Å². The highest BCUT2D eigenvalue weighted by atomic mass is 19.1. The number of carbonyl (C=O) groups excluding carboxylic acids is 1. The van der Waals surface area contributed by atoms with Crippen molar-refractivity contribution in [1.82, 2.24) is 9.78 Å². The maximum Gasteiger partial charge on any atom is 0.251 e. The van der Waals surface area contributed by atoms with E-state index in [1.165, 1.54) is 6.07 Å². The van der Waals surface area contributed by atoms with Crippen molar-refractivity contribution in [3.63, 3.8) is 0 Å². The van der Waals surface area contributed by atoms with Gasteiger partial charge in [0.25, 0.3) is 5.91 Å². The van der Waals surface area contributed by atoms with Crippen LogP contribution < -0.4 is 10.6 Å². The van der Waals surface area contributed by atoms with E-state index in [9.17, 15) is 9.18 Å². The molecule has 0 spiro atoms. The Balaban J connectivity index is 1.99. The van der Waals surface area contributed by atoms with Crippen molar-refractivity contribution in [2.75, 3.05) is 10.6 Å². The first-order chi connectivity index (χ1) is 9.04. The largest absolute Gasteiger partial charge is 0.368 e. The number of carbonyl (C=O) groups is 1. The minimum absolute atomic E-state index is 0.219. The molecule has 1 unspecified atom stereocenters. The molecule has 1 atom stereocenters. The van der Waals surface area contributed by atoms with Gasteiger partial charge in [-0.2, -0.15) is 5.10 Å². The van der Waals surface area contributed by atoms with E-state index in [1.54, 1.807) is 37.1 Å². The molecule has 0 radical (unpaired) electrons. The number of fused-ring (bicyclic) bond motifs is 1. The number of hydrogen-bond acceptors (Lipinski definition) is 3. The number of hydrogen-bond donors (Lipinski definition) is 2. The SMILES string of the molecule is Cc1cc2c(cc1F)NC(=O)C(c1cnn(C)c1)N2. The van der Waals surface area contributed by atoms with Crippen LogP contribution in [0.4, 0.5) is 15.8 Å². The van der Waals surface area contributed by atoms with Crippen LogP contribution in [0.1, 0.15) is 17.2 Å². The maximum absolute atomic E-state index is 13.5. The maximum atomic E-state index is 13.5. The summed E-state index contributed by atoms with van der Waals surface area (Å²) in [5.41, 5.74) is 2.49. The summed E-state index contributed by atoms with van der Waals surface area (Å²) < 4.78 is 15.1. The Morgan fingerprint density at radius 2 is 2.16 bits per heavy atom. The fourth-order valence-electron chi connectivity index (χ4n) is 2.15. The van der Waals surface area contributed by atoms with Gasteiger partial charge in [0.05, 0.1) is 17.6 Å². The number of aromatic nitrogens is 2. The van der Waals surface area contributed by atoms with Crippen LogP contribution in [0.15, 0.2) is 24.5 Å². The van der Waals surface area contributed by atoms with Crippen LogP contribution in [0, 0.1) is 12.7 Å². The Kier molecular flexibility index (Phi) is 2.51. The zero-order valence-corrected chi connectivity index (χ0v) is 10.6. The molecule has 1 aromatic carbocycles. The quantitative estimate of drug-likeness (QED) is 0.824. The number of aryl methyl sites for hydroxylation is 2. The third-order valence-corrected chi connectivity index (χ3v) is 3.18. The van der Waals surface area contributed by atoms with Crippen LogP contribution in [-0.2, 0) is 11.8 Å². The Morgan fingerprint density at radius 1 is 1.37 bits per heavy atom. The number of anilines is 2. The van der Waals surface area contributed by atoms with E-state index in [0.29, 0.717) is 16.9 Å². The predicted octanol–water partition coefficient (Wildman–Crippen LogP) is 1.97. The van der Waals surface area contributed by atoms with E-state index >= 15 is 0 Å². The van der Waals surface area contributed by atoms with Gasteiger partial charge in [-0.25, -0.2) is 4.39 Å². The van der Waals surface area contributed by atoms with Gasteiger partial charge in [-0.15, -0.1) is 0 Å². The molecule has 3 rings (SSSR count). The third kappa shape index (κ3) is 1.95. The molecule has 1 aromatic heterocycles. The lowest BCUT2D eigenvalue weighted by atomic mass is 10.0. The molecule has 2 aromatic rings. The van der Waals surface area contributed by atoms with Gasteiger partial charge in [-0.1, -0.05) is 0 Å². The van der Waals surface area contributed by atoms with Crippen molar-refractivity contribution in [2.45, 2.75) is 13.0 Å². The molecule has 19 heavy (non-hydrogen) atoms. The first kappa shape index (κ1) is 11.7. The van der Waals surface area contributed by atoms with Crippen LogP contribution >= 0.6 is 0 Å². The summed E-state index contributed by atoms with van der Waals surface area (Å²) in [6.45, 7) is 1.69. The molecule has 1 aliphatic rings. The van der Waals surface area contributed by atoms with E-state index in [0.717, 1.165) is 5.56 Å². The third-order valence-electron chi connectivity index (χ3n) is 3.18. The molecule has 98 valence electrons. The highest BCUT2D eigenvalue weighted by Gasteiger charge is 2.28. The number of halogens is 1. The fourth-order valence-corrected chi connectivity index (χ4v) is 2.15. The van der Waals surface area contributed by atoms with E-state index in [-0.39, 0.29) is 11.7 Å². The van der Waals surface area contributed by atoms with Crippen LogP contribution in [-0.4, -0.2) is 15.7 Å². The average Bonchev–Trinajstić information content (AvgIpc) is 2.77. The summed E-state index contributed by atoms with van der Waals surface area (Å²) in [7, 11) is 1.79. The zero-order chi connectivity index (χ0) is 13.6. The number of benzene rings is 1. The molecule has 0 fully saturated rings. The van der Waals surface area contributed by atoms with Crippen molar-refractivity contribution in [1.29, 1.82) is 0 Å². The molecule has 5 nitrogen and oxygen atoms in total. The monoisotopic (exact) mass is 260 g/mol. The summed E-state index contributed by atoms with van der Waals surface area (Å²) in [5, 5.41) is 9.87. The lowest BCUT2D eigenvalue weighted by Gasteiger charge is -2.26. The molecular weight excluding hydrogens is 247 g/mol. The van der Waals surface area contributed by atoms with Gasteiger partial charge >= 0.3 is 0 Å². The van der Waals surface area contributed by atoms with Crippen molar-refractivity contribution in [2.24, 2.45) is 7.05 Å². The van der Waals surface area contributed by atoms with Crippen molar-refractivity contribution < 1.29 is 9.18 Å². The molecule has 0 saturated carbocycles. The van der Waals surface area contributed by atoms with E-state index in [2.05, 4.69) is 15.7 Å². The minimum Gasteiger partial charge on any atom is -0.368 e. The van der Waals surface area contributed by atoms with Gasteiger partial charge in [0, 0.05) is 18.8 Å². The minimum atomic E-state index is -0.508. The van der Waals surface area contributed by atoms with Gasteiger partial charge < -0.3 is 10.6 Å². The number of nitrogens with zero attached hydrogens (tertiary/aromatic N) is 2. The second kappa shape index (κ2) is 4.08. The second-order valence-corrected chi connectivity index (χ2v) is 4.66. The standard InChI is InChI=1S/C13H13FN4O/c1-7-3-10-11(4-9(7)14)17-13(19)12(16-10)8-5-15-18(2)6-8/h3-6,12,16H,1-2H3,(H,17,19). The molecule has 2 N–H and O–H groups in total. The molecule has 1 aliphatic heterocycles. The second-order valence-electron chi connectivity index (χ2n) is 4.66. The van der Waals surface area contributed by atoms with Gasteiger partial charge in [0.2, 0.25) is 0 Å². The van der Waals surface area contributed by atoms with Crippen LogP contribution in [0.2, 0.25) is 0 Å². The molecule has 0 aliphatic carbocycles. The van der Waals surface area contributed by atoms with E-state index < -0.39 is 6.04 Å². The fraction of sp³-hybridized carbons (Fsp3) is 0.231. The summed E-state index contributed by atoms with van der Waals surface area (Å²) in [6, 6.07) is 2.51. The molecule has 0 bridgehead atoms. The molecule has 0 saturated heterocycles. The first-order valence-corrected chi connectivity index (χ1v) is 5.90. The summed E-state index contributed by atoms with van der Waals surface area (Å²) in [5.74, 6) is -0.551. The summed E-state index contributed by atoms with van der Waals surface area (Å²) in [4.78, 5) is 12.0. The Morgan fingerprint density at radius 3 is 2.84 bits per heavy atom. The van der Waals surface area contributed by atoms with Crippen LogP contribution in [0.5, 0.6) is 0 Å². The lowest BCUT2D eigenvalue weighted by molar-refractivity contribution is -0.117. The topological polar surface area (TPSA) is 59.0 Å². The zero-order valence-electron chi connectivity index (χ0n) is 10.6. The van der Waals surface area contributed by atoms with Crippen LogP contribution in [0.25, 0.3) is 0 Å². The van der Waals surface area contributed by atoms with Crippen LogP contribution in [0.3, 0.4) is 0 Å². The van der Waals surface area contributed by atoms with Gasteiger partial charge in [0.1, 0.15) is 11.9 Å². The molecular formula is C13H13FN4O. The molecule has 1 amide bonds. The summed E-state index contributed by atoms with van der Waals surface area (Å²) >= 11 is 0. The molecule has 6 heteroatoms. The number of nitrogens with one attached hydrogen (secondary N) is 2. The Labute approximate surface area is 109 Å². The first-order valence-electron chi connectivity index (χ1n) is 5.90. The highest BCUT2D eigenvalue weighted by Crippen LogP contribution is 2.33. The van der Waals surface area contributed by atoms with Crippen molar-refractivity contribution in [3.8, 4) is 0 Å². The normalized spacial score (nSPS) is 17.6. The molecule has 2 heterocycles. The smallest absolute Gasteiger partial charge is 0.251 e. The number of amides is 1. The van der Waals surface area contributed by atoms with Gasteiger partial charge in [0.15, 0.2) is 0 Å². The van der Waals surface area contributed by atoms with Crippen molar-refractivity contribution in [3.05, 3.63) is 41.5 Å². The van der Waals surface area contributed by atoms with Crippen molar-refractivity contribution >= 4 is 17.3 Å². The predicted molar refractivity (Wildman–Crippen MR) is 69.3 cm³/mol. The van der Waals surface area contributed by atoms with E-state index in [1.807, 2.05) is 0 Å². The average molecular weight is 260 g/mol. The summed E-state index contributed by atoms with van der Waals surface area (Å²) in [6.07, 6.45) is 3.41.